The minimum absolute atomic E-state index is 0.196. The molecule has 5 aromatic rings. The minimum atomic E-state index is -0.722. The van der Waals surface area contributed by atoms with E-state index in [-0.39, 0.29) is 18.8 Å². The predicted molar refractivity (Wildman–Crippen MR) is 170 cm³/mol. The third kappa shape index (κ3) is 5.82. The Labute approximate surface area is 257 Å². The number of hydrogen-bond acceptors (Lipinski definition) is 6. The van der Waals surface area contributed by atoms with Gasteiger partial charge in [-0.2, -0.15) is 0 Å². The summed E-state index contributed by atoms with van der Waals surface area (Å²) < 4.78 is 13.7. The second-order valence-electron chi connectivity index (χ2n) is 9.76. The number of esters is 1. The first-order chi connectivity index (χ1) is 21.0. The van der Waals surface area contributed by atoms with Gasteiger partial charge in [0.2, 0.25) is 0 Å². The maximum atomic E-state index is 14.2. The molecule has 0 fully saturated rings. The average molecular weight is 607 g/mol. The van der Waals surface area contributed by atoms with Crippen molar-refractivity contribution in [1.29, 1.82) is 0 Å². The molecule has 1 aliphatic heterocycles. The molecule has 1 atom stereocenters. The number of hydrogen-bond donors (Lipinski definition) is 0. The van der Waals surface area contributed by atoms with E-state index in [1.165, 1.54) is 11.3 Å². The van der Waals surface area contributed by atoms with Gasteiger partial charge in [-0.3, -0.25) is 9.36 Å². The van der Waals surface area contributed by atoms with Crippen LogP contribution in [0.1, 0.15) is 35.2 Å². The Balaban J connectivity index is 1.52. The van der Waals surface area contributed by atoms with Crippen LogP contribution in [0.25, 0.3) is 11.8 Å². The van der Waals surface area contributed by atoms with E-state index in [1.807, 2.05) is 115 Å². The molecule has 0 amide bonds. The molecule has 8 heteroatoms. The highest BCUT2D eigenvalue weighted by molar-refractivity contribution is 7.07. The van der Waals surface area contributed by atoms with E-state index < -0.39 is 12.0 Å². The monoisotopic (exact) mass is 606 g/mol. The molecule has 2 heterocycles. The Kier molecular flexibility index (Phi) is 8.36. The van der Waals surface area contributed by atoms with Crippen molar-refractivity contribution >= 4 is 40.7 Å². The Hall–Kier alpha value is -4.72. The standard InChI is InChI=1S/C35H27ClN2O4S/c1-2-41-34(40)30-31(23-13-5-3-6-14-23)37-35-38(32(30)24-15-7-4-8-16-24)33(39)29(43-35)21-25-17-10-12-20-28(25)42-22-26-18-9-11-19-27(26)36/h3-21,32H,2,22H2,1H3/b29-21+/t32-/m1/s1. The van der Waals surface area contributed by atoms with E-state index in [0.717, 1.165) is 22.3 Å². The Bertz CT molecular complexity index is 2000. The van der Waals surface area contributed by atoms with Gasteiger partial charge in [-0.05, 0) is 30.7 Å². The third-order valence-corrected chi connectivity index (χ3v) is 8.39. The highest BCUT2D eigenvalue weighted by Crippen LogP contribution is 2.35. The van der Waals surface area contributed by atoms with Gasteiger partial charge >= 0.3 is 5.97 Å². The van der Waals surface area contributed by atoms with Crippen LogP contribution in [0.15, 0.2) is 125 Å². The molecule has 1 aromatic heterocycles. The third-order valence-electron chi connectivity index (χ3n) is 7.04. The smallest absolute Gasteiger partial charge is 0.338 e. The molecule has 214 valence electrons. The molecule has 0 saturated carbocycles. The number of ether oxygens (including phenoxy) is 2. The van der Waals surface area contributed by atoms with Crippen LogP contribution in [-0.4, -0.2) is 17.1 Å². The van der Waals surface area contributed by atoms with Gasteiger partial charge in [0.25, 0.3) is 5.56 Å². The van der Waals surface area contributed by atoms with Gasteiger partial charge in [0.05, 0.1) is 28.5 Å². The Morgan fingerprint density at radius 2 is 1.60 bits per heavy atom. The maximum absolute atomic E-state index is 14.2. The van der Waals surface area contributed by atoms with Crippen LogP contribution >= 0.6 is 22.9 Å². The lowest BCUT2D eigenvalue weighted by Crippen LogP contribution is -2.40. The van der Waals surface area contributed by atoms with E-state index in [9.17, 15) is 9.59 Å². The fraction of sp³-hybridized carbons (Fsp3) is 0.114. The first-order valence-corrected chi connectivity index (χ1v) is 15.0. The number of carbonyl (C=O) groups is 1. The number of fused-ring (bicyclic) bond motifs is 1. The number of thiazole rings is 1. The summed E-state index contributed by atoms with van der Waals surface area (Å²) in [5.74, 6) is 0.108. The molecule has 0 saturated heterocycles. The van der Waals surface area contributed by atoms with Crippen LogP contribution in [0.5, 0.6) is 5.75 Å². The molecule has 0 aliphatic carbocycles. The van der Waals surface area contributed by atoms with Gasteiger partial charge in [0, 0.05) is 21.7 Å². The van der Waals surface area contributed by atoms with Crippen molar-refractivity contribution in [2.24, 2.45) is 4.99 Å². The molecule has 6 nitrogen and oxygen atoms in total. The highest BCUT2D eigenvalue weighted by atomic mass is 35.5. The molecule has 0 bridgehead atoms. The molecule has 1 aliphatic rings. The van der Waals surface area contributed by atoms with Crippen molar-refractivity contribution < 1.29 is 14.3 Å². The van der Waals surface area contributed by atoms with Gasteiger partial charge in [-0.25, -0.2) is 9.79 Å². The van der Waals surface area contributed by atoms with Crippen molar-refractivity contribution in [2.75, 3.05) is 6.61 Å². The number of benzene rings is 4. The van der Waals surface area contributed by atoms with E-state index in [0.29, 0.717) is 31.4 Å². The summed E-state index contributed by atoms with van der Waals surface area (Å²) >= 11 is 7.61. The van der Waals surface area contributed by atoms with Gasteiger partial charge in [-0.1, -0.05) is 120 Å². The van der Waals surface area contributed by atoms with Crippen molar-refractivity contribution in [2.45, 2.75) is 19.6 Å². The lowest BCUT2D eigenvalue weighted by atomic mass is 9.93. The summed E-state index contributed by atoms with van der Waals surface area (Å²) in [5.41, 5.74) is 3.70. The SMILES string of the molecule is CCOC(=O)C1=C(c2ccccc2)N=c2s/c(=C/c3ccccc3OCc3ccccc3Cl)c(=O)n2[C@@H]1c1ccccc1. The first kappa shape index (κ1) is 28.4. The summed E-state index contributed by atoms with van der Waals surface area (Å²) in [5, 5.41) is 0.626. The summed E-state index contributed by atoms with van der Waals surface area (Å²) in [6, 6.07) is 33.3. The summed E-state index contributed by atoms with van der Waals surface area (Å²) in [7, 11) is 0. The van der Waals surface area contributed by atoms with Gasteiger partial charge in [0.15, 0.2) is 4.80 Å². The van der Waals surface area contributed by atoms with Crippen molar-refractivity contribution in [3.8, 4) is 5.75 Å². The number of para-hydroxylation sites is 1. The molecular formula is C35H27ClN2O4S. The second-order valence-corrected chi connectivity index (χ2v) is 11.2. The fourth-order valence-electron chi connectivity index (χ4n) is 5.03. The van der Waals surface area contributed by atoms with Crippen LogP contribution in [-0.2, 0) is 16.1 Å². The van der Waals surface area contributed by atoms with Crippen LogP contribution < -0.4 is 19.6 Å². The largest absolute Gasteiger partial charge is 0.488 e. The Morgan fingerprint density at radius 1 is 0.930 bits per heavy atom. The van der Waals surface area contributed by atoms with Crippen LogP contribution in [0.4, 0.5) is 0 Å². The molecule has 0 unspecified atom stereocenters. The maximum Gasteiger partial charge on any atom is 0.338 e. The topological polar surface area (TPSA) is 69.9 Å². The number of carbonyl (C=O) groups excluding carboxylic acids is 1. The van der Waals surface area contributed by atoms with Crippen LogP contribution in [0.3, 0.4) is 0 Å². The van der Waals surface area contributed by atoms with E-state index >= 15 is 0 Å². The number of rotatable bonds is 8. The molecule has 0 spiro atoms. The normalized spacial score (nSPS) is 14.7. The lowest BCUT2D eigenvalue weighted by Gasteiger charge is -2.25. The zero-order valence-electron chi connectivity index (χ0n) is 23.3. The predicted octanol–water partition coefficient (Wildman–Crippen LogP) is 6.17. The molecule has 0 radical (unpaired) electrons. The minimum Gasteiger partial charge on any atom is -0.488 e. The van der Waals surface area contributed by atoms with E-state index in [2.05, 4.69) is 0 Å². The molecule has 6 rings (SSSR count). The first-order valence-electron chi connectivity index (χ1n) is 13.8. The summed E-state index contributed by atoms with van der Waals surface area (Å²) in [4.78, 5) is 33.1. The Morgan fingerprint density at radius 3 is 2.35 bits per heavy atom. The fourth-order valence-corrected chi connectivity index (χ4v) is 6.22. The van der Waals surface area contributed by atoms with Crippen molar-refractivity contribution in [1.82, 2.24) is 4.57 Å². The number of halogens is 1. The number of aromatic nitrogens is 1. The average Bonchev–Trinajstić information content (AvgIpc) is 3.35. The van der Waals surface area contributed by atoms with Crippen LogP contribution in [0.2, 0.25) is 5.02 Å². The molecule has 43 heavy (non-hydrogen) atoms. The van der Waals surface area contributed by atoms with Gasteiger partial charge in [-0.15, -0.1) is 0 Å². The van der Waals surface area contributed by atoms with Gasteiger partial charge < -0.3 is 9.47 Å². The lowest BCUT2D eigenvalue weighted by molar-refractivity contribution is -0.138. The molecular weight excluding hydrogens is 580 g/mol. The van der Waals surface area contributed by atoms with Gasteiger partial charge in [0.1, 0.15) is 12.4 Å². The zero-order chi connectivity index (χ0) is 29.8. The summed E-state index contributed by atoms with van der Waals surface area (Å²) in [6.07, 6.45) is 1.81. The summed E-state index contributed by atoms with van der Waals surface area (Å²) in [6.45, 7) is 2.24. The van der Waals surface area contributed by atoms with E-state index in [1.54, 1.807) is 11.5 Å². The van der Waals surface area contributed by atoms with E-state index in [4.69, 9.17) is 26.1 Å². The quantitative estimate of drug-likeness (QED) is 0.198. The van der Waals surface area contributed by atoms with Crippen LogP contribution in [0, 0.1) is 0 Å². The molecule has 0 N–H and O–H groups in total. The zero-order valence-corrected chi connectivity index (χ0v) is 24.8. The van der Waals surface area contributed by atoms with Crippen molar-refractivity contribution in [3.63, 3.8) is 0 Å². The molecule has 4 aromatic carbocycles. The second kappa shape index (κ2) is 12.7. The highest BCUT2D eigenvalue weighted by Gasteiger charge is 2.35. The van der Waals surface area contributed by atoms with Crippen molar-refractivity contribution in [3.05, 3.63) is 162 Å². The number of nitrogens with zero attached hydrogens (tertiary/aromatic N) is 2.